The Bertz CT molecular complexity index is 487. The second kappa shape index (κ2) is 12.7. The molecular weight excluding hydrogens is 469 g/mol. The normalized spacial score (nSPS) is 21.6. The third-order valence-corrected chi connectivity index (χ3v) is 5.05. The molecule has 0 aromatic carbocycles. The van der Waals surface area contributed by atoms with Gasteiger partial charge in [-0.15, -0.1) is 24.0 Å². The summed E-state index contributed by atoms with van der Waals surface area (Å²) in [7, 11) is 1.83. The first-order valence-electron chi connectivity index (χ1n) is 10.5. The second-order valence-electron chi connectivity index (χ2n) is 8.66. The van der Waals surface area contributed by atoms with E-state index in [-0.39, 0.29) is 36.1 Å². The zero-order valence-corrected chi connectivity index (χ0v) is 20.5. The molecule has 2 heterocycles. The first-order valence-corrected chi connectivity index (χ1v) is 10.5. The molecule has 0 radical (unpaired) electrons. The van der Waals surface area contributed by atoms with Crippen LogP contribution in [0.5, 0.6) is 0 Å². The van der Waals surface area contributed by atoms with E-state index in [9.17, 15) is 4.79 Å². The molecule has 0 aromatic heterocycles. The number of nitrogens with zero attached hydrogens (tertiary/aromatic N) is 3. The molecule has 0 aliphatic carbocycles. The van der Waals surface area contributed by atoms with E-state index in [1.807, 2.05) is 27.8 Å². The standard InChI is InChI=1S/C20H39N5O2.HI/c1-20(2,3)27-19(26)23-17-10-15-25(16-17)18(21-4)22-11-9-14-24-12-7-5-6-8-13-24;/h17H,5-16H2,1-4H3,(H,21,22)(H,23,26);1H. The van der Waals surface area contributed by atoms with Gasteiger partial charge in [0.2, 0.25) is 0 Å². The van der Waals surface area contributed by atoms with Gasteiger partial charge < -0.3 is 25.2 Å². The maximum atomic E-state index is 11.9. The number of hydrogen-bond acceptors (Lipinski definition) is 4. The Balaban J connectivity index is 0.00000392. The van der Waals surface area contributed by atoms with Gasteiger partial charge in [0.15, 0.2) is 5.96 Å². The maximum absolute atomic E-state index is 11.9. The quantitative estimate of drug-likeness (QED) is 0.258. The molecule has 2 rings (SSSR count). The van der Waals surface area contributed by atoms with Crippen LogP contribution in [-0.2, 0) is 4.74 Å². The van der Waals surface area contributed by atoms with Gasteiger partial charge in [-0.3, -0.25) is 4.99 Å². The van der Waals surface area contributed by atoms with Crippen molar-refractivity contribution in [3.8, 4) is 0 Å². The van der Waals surface area contributed by atoms with E-state index < -0.39 is 5.60 Å². The number of carbonyl (C=O) groups excluding carboxylic acids is 1. The van der Waals surface area contributed by atoms with E-state index >= 15 is 0 Å². The summed E-state index contributed by atoms with van der Waals surface area (Å²) in [6, 6.07) is 0.107. The Labute approximate surface area is 188 Å². The Hall–Kier alpha value is -0.770. The molecule has 2 aliphatic rings. The summed E-state index contributed by atoms with van der Waals surface area (Å²) >= 11 is 0. The predicted octanol–water partition coefficient (Wildman–Crippen LogP) is 3.04. The van der Waals surface area contributed by atoms with Crippen LogP contribution < -0.4 is 10.6 Å². The van der Waals surface area contributed by atoms with Gasteiger partial charge in [0.05, 0.1) is 6.04 Å². The number of halogens is 1. The van der Waals surface area contributed by atoms with Gasteiger partial charge in [-0.25, -0.2) is 4.79 Å². The van der Waals surface area contributed by atoms with Crippen LogP contribution in [0.15, 0.2) is 4.99 Å². The van der Waals surface area contributed by atoms with Gasteiger partial charge in [0.25, 0.3) is 0 Å². The zero-order valence-electron chi connectivity index (χ0n) is 18.1. The molecule has 28 heavy (non-hydrogen) atoms. The largest absolute Gasteiger partial charge is 0.444 e. The van der Waals surface area contributed by atoms with Crippen LogP contribution in [0.25, 0.3) is 0 Å². The van der Waals surface area contributed by atoms with Crippen molar-refractivity contribution in [2.75, 3.05) is 46.3 Å². The lowest BCUT2D eigenvalue weighted by atomic mass is 10.2. The molecule has 1 amide bonds. The van der Waals surface area contributed by atoms with E-state index in [4.69, 9.17) is 4.74 Å². The van der Waals surface area contributed by atoms with Gasteiger partial charge >= 0.3 is 6.09 Å². The summed E-state index contributed by atoms with van der Waals surface area (Å²) in [5, 5.41) is 6.45. The molecule has 1 unspecified atom stereocenters. The molecule has 2 saturated heterocycles. The molecule has 2 aliphatic heterocycles. The number of amides is 1. The molecule has 0 saturated carbocycles. The number of nitrogens with one attached hydrogen (secondary N) is 2. The number of hydrogen-bond donors (Lipinski definition) is 2. The van der Waals surface area contributed by atoms with Crippen molar-refractivity contribution in [3.05, 3.63) is 0 Å². The van der Waals surface area contributed by atoms with Crippen LogP contribution in [0.4, 0.5) is 4.79 Å². The lowest BCUT2D eigenvalue weighted by Gasteiger charge is -2.24. The van der Waals surface area contributed by atoms with Gasteiger partial charge in [-0.2, -0.15) is 0 Å². The molecule has 7 nitrogen and oxygen atoms in total. The first kappa shape index (κ1) is 25.3. The minimum Gasteiger partial charge on any atom is -0.444 e. The van der Waals surface area contributed by atoms with E-state index in [1.165, 1.54) is 38.8 Å². The first-order chi connectivity index (χ1) is 12.9. The molecular formula is C20H40IN5O2. The third kappa shape index (κ3) is 9.62. The molecule has 164 valence electrons. The average Bonchev–Trinajstić information content (AvgIpc) is 2.88. The maximum Gasteiger partial charge on any atom is 0.407 e. The smallest absolute Gasteiger partial charge is 0.407 e. The summed E-state index contributed by atoms with van der Waals surface area (Å²) in [5.74, 6) is 0.930. The number of likely N-dealkylation sites (tertiary alicyclic amines) is 2. The van der Waals surface area contributed by atoms with Crippen LogP contribution in [-0.4, -0.2) is 79.8 Å². The fourth-order valence-corrected chi connectivity index (χ4v) is 3.74. The van der Waals surface area contributed by atoms with Crippen LogP contribution in [0.3, 0.4) is 0 Å². The number of ether oxygens (including phenoxy) is 1. The molecule has 8 heteroatoms. The molecule has 0 spiro atoms. The van der Waals surface area contributed by atoms with Gasteiger partial charge in [-0.05, 0) is 66.1 Å². The fourth-order valence-electron chi connectivity index (χ4n) is 3.74. The van der Waals surface area contributed by atoms with Crippen LogP contribution in [0.2, 0.25) is 0 Å². The van der Waals surface area contributed by atoms with Crippen molar-refractivity contribution in [2.24, 2.45) is 4.99 Å². The number of guanidine groups is 1. The number of aliphatic imine (C=N–C) groups is 1. The van der Waals surface area contributed by atoms with Crippen molar-refractivity contribution in [2.45, 2.75) is 70.9 Å². The Morgan fingerprint density at radius 1 is 1.14 bits per heavy atom. The summed E-state index contributed by atoms with van der Waals surface area (Å²) in [5.41, 5.74) is -0.465. The highest BCUT2D eigenvalue weighted by atomic mass is 127. The highest BCUT2D eigenvalue weighted by Gasteiger charge is 2.27. The topological polar surface area (TPSA) is 69.2 Å². The van der Waals surface area contributed by atoms with Crippen molar-refractivity contribution in [1.29, 1.82) is 0 Å². The second-order valence-corrected chi connectivity index (χ2v) is 8.66. The summed E-state index contributed by atoms with van der Waals surface area (Å²) < 4.78 is 5.35. The van der Waals surface area contributed by atoms with E-state index in [2.05, 4.69) is 25.4 Å². The number of alkyl carbamates (subject to hydrolysis) is 1. The zero-order chi connectivity index (χ0) is 19.7. The van der Waals surface area contributed by atoms with Gasteiger partial charge in [-0.1, -0.05) is 12.8 Å². The number of carbonyl (C=O) groups is 1. The lowest BCUT2D eigenvalue weighted by Crippen LogP contribution is -2.44. The van der Waals surface area contributed by atoms with Crippen LogP contribution in [0, 0.1) is 0 Å². The molecule has 1 atom stereocenters. The lowest BCUT2D eigenvalue weighted by molar-refractivity contribution is 0.0507. The van der Waals surface area contributed by atoms with E-state index in [1.54, 1.807) is 0 Å². The predicted molar refractivity (Wildman–Crippen MR) is 126 cm³/mol. The summed E-state index contributed by atoms with van der Waals surface area (Å²) in [4.78, 5) is 21.2. The van der Waals surface area contributed by atoms with Crippen molar-refractivity contribution >= 4 is 36.0 Å². The van der Waals surface area contributed by atoms with Crippen LogP contribution in [0.1, 0.15) is 59.3 Å². The van der Waals surface area contributed by atoms with Gasteiger partial charge in [0.1, 0.15) is 5.60 Å². The SMILES string of the molecule is CN=C(NCCCN1CCCCCC1)N1CCC(NC(=O)OC(C)(C)C)C1.I. The highest BCUT2D eigenvalue weighted by molar-refractivity contribution is 14.0. The van der Waals surface area contributed by atoms with Crippen molar-refractivity contribution < 1.29 is 9.53 Å². The summed E-state index contributed by atoms with van der Waals surface area (Å²) in [6.45, 7) is 11.9. The molecule has 0 aromatic rings. The minimum atomic E-state index is -0.465. The van der Waals surface area contributed by atoms with E-state index in [0.29, 0.717) is 0 Å². The van der Waals surface area contributed by atoms with Crippen molar-refractivity contribution in [3.63, 3.8) is 0 Å². The number of rotatable bonds is 5. The van der Waals surface area contributed by atoms with Crippen molar-refractivity contribution in [1.82, 2.24) is 20.4 Å². The highest BCUT2D eigenvalue weighted by Crippen LogP contribution is 2.12. The molecule has 2 N–H and O–H groups in total. The van der Waals surface area contributed by atoms with Crippen LogP contribution >= 0.6 is 24.0 Å². The molecule has 0 bridgehead atoms. The Morgan fingerprint density at radius 3 is 2.43 bits per heavy atom. The third-order valence-electron chi connectivity index (χ3n) is 5.05. The van der Waals surface area contributed by atoms with E-state index in [0.717, 1.165) is 45.0 Å². The Kier molecular flexibility index (Phi) is 11.5. The molecule has 2 fully saturated rings. The Morgan fingerprint density at radius 2 is 1.82 bits per heavy atom. The average molecular weight is 509 g/mol. The monoisotopic (exact) mass is 509 g/mol. The minimum absolute atomic E-state index is 0. The summed E-state index contributed by atoms with van der Waals surface area (Å²) in [6.07, 6.45) is 7.16. The van der Waals surface area contributed by atoms with Gasteiger partial charge in [0, 0.05) is 26.7 Å². The fraction of sp³-hybridized carbons (Fsp3) is 0.900.